The van der Waals surface area contributed by atoms with Gasteiger partial charge in [0.05, 0.1) is 35.7 Å². The largest absolute Gasteiger partial charge is 0.346 e. The van der Waals surface area contributed by atoms with E-state index in [0.717, 1.165) is 10.9 Å². The van der Waals surface area contributed by atoms with E-state index >= 15 is 0 Å². The van der Waals surface area contributed by atoms with E-state index < -0.39 is 27.9 Å². The van der Waals surface area contributed by atoms with E-state index in [1.54, 1.807) is 6.07 Å². The summed E-state index contributed by atoms with van der Waals surface area (Å²) in [7, 11) is -3.64. The van der Waals surface area contributed by atoms with Gasteiger partial charge in [0.1, 0.15) is 0 Å². The van der Waals surface area contributed by atoms with Crippen LogP contribution in [-0.4, -0.2) is 74.0 Å². The van der Waals surface area contributed by atoms with Gasteiger partial charge in [0.2, 0.25) is 21.8 Å². The molecule has 8 N–H and O–H groups in total. The highest BCUT2D eigenvalue weighted by Gasteiger charge is 2.24. The average Bonchev–Trinajstić information content (AvgIpc) is 2.75. The number of nitrogens with zero attached hydrogens (tertiary/aromatic N) is 2. The molecule has 1 aromatic carbocycles. The Hall–Kier alpha value is -2.64. The average molecular weight is 452 g/mol. The zero-order valence-corrected chi connectivity index (χ0v) is 18.0. The minimum atomic E-state index is -3.64. The summed E-state index contributed by atoms with van der Waals surface area (Å²) in [5, 5.41) is 5.92. The number of pyridine rings is 1. The second-order valence-electron chi connectivity index (χ2n) is 6.87. The third-order valence-electron chi connectivity index (χ3n) is 4.47. The number of rotatable bonds is 12. The Bertz CT molecular complexity index is 994. The Balaban J connectivity index is 1.81. The third-order valence-corrected chi connectivity index (χ3v) is 6.37. The first-order valence-electron chi connectivity index (χ1n) is 9.82. The van der Waals surface area contributed by atoms with Gasteiger partial charge in [-0.3, -0.25) is 14.6 Å². The smallest absolute Gasteiger partial charge is 0.243 e. The highest BCUT2D eigenvalue weighted by atomic mass is 32.2. The summed E-state index contributed by atoms with van der Waals surface area (Å²) in [4.78, 5) is 28.5. The SMILES string of the molecule is NCCN(CCN)S(=O)(=O)CCC(N)C(=O)NCC(=O)Nc1cnc2ccccc2c1. The molecule has 11 nitrogen and oxygen atoms in total. The number of hydrogen-bond donors (Lipinski definition) is 5. The van der Waals surface area contributed by atoms with E-state index in [-0.39, 0.29) is 44.9 Å². The van der Waals surface area contributed by atoms with E-state index in [1.165, 1.54) is 10.5 Å². The van der Waals surface area contributed by atoms with Crippen LogP contribution in [0, 0.1) is 0 Å². The molecule has 0 bridgehead atoms. The number of nitrogens with one attached hydrogen (secondary N) is 2. The van der Waals surface area contributed by atoms with E-state index in [2.05, 4.69) is 15.6 Å². The molecule has 0 fully saturated rings. The highest BCUT2D eigenvalue weighted by molar-refractivity contribution is 7.89. The van der Waals surface area contributed by atoms with Crippen LogP contribution in [0.4, 0.5) is 5.69 Å². The number of aromatic nitrogens is 1. The number of benzene rings is 1. The van der Waals surface area contributed by atoms with Crippen molar-refractivity contribution in [3.05, 3.63) is 36.5 Å². The van der Waals surface area contributed by atoms with Crippen molar-refractivity contribution in [1.82, 2.24) is 14.6 Å². The molecule has 0 aliphatic carbocycles. The zero-order chi connectivity index (χ0) is 22.9. The molecule has 1 atom stereocenters. The molecular formula is C19H29N7O4S. The van der Waals surface area contributed by atoms with Gasteiger partial charge in [-0.15, -0.1) is 0 Å². The predicted octanol–water partition coefficient (Wildman–Crippen LogP) is -1.44. The van der Waals surface area contributed by atoms with E-state index in [4.69, 9.17) is 17.2 Å². The fraction of sp³-hybridized carbons (Fsp3) is 0.421. The van der Waals surface area contributed by atoms with Crippen molar-refractivity contribution in [3.63, 3.8) is 0 Å². The monoisotopic (exact) mass is 451 g/mol. The Morgan fingerprint density at radius 2 is 1.81 bits per heavy atom. The lowest BCUT2D eigenvalue weighted by Gasteiger charge is -2.21. The van der Waals surface area contributed by atoms with Crippen molar-refractivity contribution in [1.29, 1.82) is 0 Å². The van der Waals surface area contributed by atoms with E-state index in [9.17, 15) is 18.0 Å². The summed E-state index contributed by atoms with van der Waals surface area (Å²) < 4.78 is 25.9. The van der Waals surface area contributed by atoms with Crippen molar-refractivity contribution in [2.45, 2.75) is 12.5 Å². The third kappa shape index (κ3) is 7.52. The molecule has 12 heteroatoms. The molecule has 170 valence electrons. The number of nitrogens with two attached hydrogens (primary N) is 3. The first-order valence-corrected chi connectivity index (χ1v) is 11.4. The maximum atomic E-state index is 12.4. The fourth-order valence-corrected chi connectivity index (χ4v) is 4.43. The first-order chi connectivity index (χ1) is 14.8. The van der Waals surface area contributed by atoms with Gasteiger partial charge in [-0.25, -0.2) is 8.42 Å². The summed E-state index contributed by atoms with van der Waals surface area (Å²) in [6.07, 6.45) is 1.42. The number of sulfonamides is 1. The van der Waals surface area contributed by atoms with Crippen molar-refractivity contribution < 1.29 is 18.0 Å². The molecule has 2 aromatic rings. The quantitative estimate of drug-likeness (QED) is 0.259. The summed E-state index contributed by atoms with van der Waals surface area (Å²) in [6, 6.07) is 8.15. The van der Waals surface area contributed by atoms with Crippen LogP contribution in [0.5, 0.6) is 0 Å². The molecule has 0 aliphatic heterocycles. The molecule has 0 aliphatic rings. The Labute approximate surface area is 181 Å². The number of para-hydroxylation sites is 1. The number of amides is 2. The van der Waals surface area contributed by atoms with Crippen LogP contribution < -0.4 is 27.8 Å². The van der Waals surface area contributed by atoms with Gasteiger partial charge in [-0.2, -0.15) is 4.31 Å². The molecule has 0 spiro atoms. The number of carbonyl (C=O) groups is 2. The van der Waals surface area contributed by atoms with Crippen LogP contribution in [0.1, 0.15) is 6.42 Å². The summed E-state index contributed by atoms with van der Waals surface area (Å²) in [6.45, 7) is 0.301. The first kappa shape index (κ1) is 24.6. The van der Waals surface area contributed by atoms with Gasteiger partial charge < -0.3 is 27.8 Å². The number of hydrogen-bond acceptors (Lipinski definition) is 8. The van der Waals surface area contributed by atoms with Crippen LogP contribution in [0.2, 0.25) is 0 Å². The molecule has 2 rings (SSSR count). The number of anilines is 1. The lowest BCUT2D eigenvalue weighted by atomic mass is 10.2. The van der Waals surface area contributed by atoms with Crippen LogP contribution in [0.3, 0.4) is 0 Å². The van der Waals surface area contributed by atoms with Gasteiger partial charge in [0.15, 0.2) is 0 Å². The normalized spacial score (nSPS) is 12.6. The Morgan fingerprint density at radius 1 is 1.13 bits per heavy atom. The second kappa shape index (κ2) is 11.7. The maximum Gasteiger partial charge on any atom is 0.243 e. The van der Waals surface area contributed by atoms with Crippen LogP contribution >= 0.6 is 0 Å². The van der Waals surface area contributed by atoms with Gasteiger partial charge in [-0.1, -0.05) is 18.2 Å². The molecule has 0 radical (unpaired) electrons. The minimum Gasteiger partial charge on any atom is -0.346 e. The molecular weight excluding hydrogens is 422 g/mol. The van der Waals surface area contributed by atoms with Gasteiger partial charge >= 0.3 is 0 Å². The molecule has 31 heavy (non-hydrogen) atoms. The van der Waals surface area contributed by atoms with Gasteiger partial charge in [-0.05, 0) is 18.6 Å². The Morgan fingerprint density at radius 3 is 2.48 bits per heavy atom. The Kier molecular flexibility index (Phi) is 9.27. The molecule has 1 heterocycles. The molecule has 0 saturated heterocycles. The maximum absolute atomic E-state index is 12.4. The van der Waals surface area contributed by atoms with E-state index in [0.29, 0.717) is 5.69 Å². The lowest BCUT2D eigenvalue weighted by molar-refractivity contribution is -0.125. The van der Waals surface area contributed by atoms with Crippen molar-refractivity contribution in [3.8, 4) is 0 Å². The second-order valence-corrected chi connectivity index (χ2v) is 8.96. The van der Waals surface area contributed by atoms with Crippen LogP contribution in [0.25, 0.3) is 10.9 Å². The topological polar surface area (TPSA) is 187 Å². The van der Waals surface area contributed by atoms with E-state index in [1.807, 2.05) is 24.3 Å². The predicted molar refractivity (Wildman–Crippen MR) is 119 cm³/mol. The zero-order valence-electron chi connectivity index (χ0n) is 17.2. The molecule has 1 unspecified atom stereocenters. The highest BCUT2D eigenvalue weighted by Crippen LogP contribution is 2.15. The molecule has 0 saturated carbocycles. The lowest BCUT2D eigenvalue weighted by Crippen LogP contribution is -2.46. The number of carbonyl (C=O) groups excluding carboxylic acids is 2. The van der Waals surface area contributed by atoms with Gasteiger partial charge in [0, 0.05) is 31.6 Å². The van der Waals surface area contributed by atoms with Crippen molar-refractivity contribution >= 4 is 38.4 Å². The summed E-state index contributed by atoms with van der Waals surface area (Å²) in [5.74, 6) is -1.40. The summed E-state index contributed by atoms with van der Waals surface area (Å²) in [5.41, 5.74) is 17.9. The van der Waals surface area contributed by atoms with Crippen molar-refractivity contribution in [2.24, 2.45) is 17.2 Å². The molecule has 1 aromatic heterocycles. The van der Waals surface area contributed by atoms with Gasteiger partial charge in [0.25, 0.3) is 0 Å². The van der Waals surface area contributed by atoms with Crippen LogP contribution in [0.15, 0.2) is 36.5 Å². The van der Waals surface area contributed by atoms with Crippen LogP contribution in [-0.2, 0) is 19.6 Å². The standard InChI is InChI=1S/C19H29N7O4S/c20-6-8-26(9-7-21)31(29,30)10-5-16(22)19(28)24-13-18(27)25-15-11-14-3-1-2-4-17(14)23-12-15/h1-4,11-12,16H,5-10,13,20-22H2,(H,24,28)(H,25,27). The minimum absolute atomic E-state index is 0.101. The fourth-order valence-electron chi connectivity index (χ4n) is 2.86. The molecule has 2 amide bonds. The van der Waals surface area contributed by atoms with Crippen molar-refractivity contribution in [2.75, 3.05) is 43.8 Å². The number of fused-ring (bicyclic) bond motifs is 1. The summed E-state index contributed by atoms with van der Waals surface area (Å²) >= 11 is 0.